The molecule has 2 atom stereocenters. The molecule has 236 valence electrons. The second kappa shape index (κ2) is 16.6. The fraction of sp³-hybridized carbons (Fsp3) is 0.657. The van der Waals surface area contributed by atoms with Gasteiger partial charge >= 0.3 is 0 Å². The standard InChI is InChI=1S/C35H51N3O4S/c1-5-9-29(39)20-28(22-34-36-31-13-12-27(24(2)3)21-33(31)43-34)35(41)37-30(26-10-7-6-8-11-26)14-15-32(40)25(4)23-38-16-18-42-19-17-38/h12-13,21,24,26,28,30H,4-11,14-20,22-23H2,1-3H3,(H,37,41)/t28-,30+/m0/s1. The molecule has 0 bridgehead atoms. The van der Waals surface area contributed by atoms with Gasteiger partial charge in [-0.15, -0.1) is 11.3 Å². The third-order valence-electron chi connectivity index (χ3n) is 9.06. The van der Waals surface area contributed by atoms with Gasteiger partial charge in [-0.1, -0.05) is 52.7 Å². The van der Waals surface area contributed by atoms with Crippen molar-refractivity contribution in [1.82, 2.24) is 15.2 Å². The van der Waals surface area contributed by atoms with Crippen LogP contribution in [-0.2, 0) is 25.5 Å². The van der Waals surface area contributed by atoms with Crippen molar-refractivity contribution >= 4 is 39.0 Å². The third-order valence-corrected chi connectivity index (χ3v) is 10.1. The largest absolute Gasteiger partial charge is 0.379 e. The Morgan fingerprint density at radius 3 is 2.56 bits per heavy atom. The quantitative estimate of drug-likeness (QED) is 0.215. The van der Waals surface area contributed by atoms with E-state index in [2.05, 4.69) is 48.8 Å². The van der Waals surface area contributed by atoms with Gasteiger partial charge in [-0.2, -0.15) is 0 Å². The van der Waals surface area contributed by atoms with Gasteiger partial charge in [0.25, 0.3) is 0 Å². The zero-order valence-electron chi connectivity index (χ0n) is 26.5. The van der Waals surface area contributed by atoms with Crippen LogP contribution in [0.15, 0.2) is 30.4 Å². The van der Waals surface area contributed by atoms with Gasteiger partial charge in [0.2, 0.25) is 5.91 Å². The number of carbonyl (C=O) groups excluding carboxylic acids is 3. The minimum absolute atomic E-state index is 0.0754. The molecule has 4 rings (SSSR count). The zero-order chi connectivity index (χ0) is 30.8. The average molecular weight is 610 g/mol. The molecule has 2 aromatic rings. The number of thiazole rings is 1. The van der Waals surface area contributed by atoms with E-state index in [9.17, 15) is 14.4 Å². The van der Waals surface area contributed by atoms with Gasteiger partial charge in [-0.05, 0) is 55.2 Å². The SMILES string of the molecule is C=C(CN1CCOCC1)C(=O)CC[C@@H](NC(=O)[C@@H](CC(=O)CCC)Cc1nc2ccc(C(C)C)cc2s1)C1CCCCC1. The Labute approximate surface area is 261 Å². The molecule has 2 heterocycles. The number of nitrogens with zero attached hydrogens (tertiary/aromatic N) is 2. The fourth-order valence-electron chi connectivity index (χ4n) is 6.40. The summed E-state index contributed by atoms with van der Waals surface area (Å²) in [5.41, 5.74) is 2.85. The topological polar surface area (TPSA) is 88.6 Å². The summed E-state index contributed by atoms with van der Waals surface area (Å²) in [6.45, 7) is 14.0. The lowest BCUT2D eigenvalue weighted by molar-refractivity contribution is -0.130. The number of benzene rings is 1. The van der Waals surface area contributed by atoms with E-state index in [1.807, 2.05) is 6.92 Å². The maximum absolute atomic E-state index is 13.9. The van der Waals surface area contributed by atoms with Gasteiger partial charge in [0.05, 0.1) is 34.4 Å². The number of ether oxygens (including phenoxy) is 1. The molecule has 43 heavy (non-hydrogen) atoms. The van der Waals surface area contributed by atoms with Gasteiger partial charge < -0.3 is 10.1 Å². The highest BCUT2D eigenvalue weighted by Gasteiger charge is 2.30. The van der Waals surface area contributed by atoms with E-state index < -0.39 is 5.92 Å². The van der Waals surface area contributed by atoms with Crippen molar-refractivity contribution in [3.05, 3.63) is 40.9 Å². The molecule has 2 fully saturated rings. The number of aromatic nitrogens is 1. The summed E-state index contributed by atoms with van der Waals surface area (Å²) in [5, 5.41) is 4.26. The van der Waals surface area contributed by atoms with Crippen LogP contribution in [0, 0.1) is 11.8 Å². The summed E-state index contributed by atoms with van der Waals surface area (Å²) in [7, 11) is 0. The Bertz CT molecular complexity index is 1240. The molecule has 1 saturated heterocycles. The molecule has 2 aliphatic rings. The lowest BCUT2D eigenvalue weighted by Gasteiger charge is -2.32. The summed E-state index contributed by atoms with van der Waals surface area (Å²) in [5.74, 6) is 0.423. The van der Waals surface area contributed by atoms with Crippen molar-refractivity contribution < 1.29 is 19.1 Å². The van der Waals surface area contributed by atoms with Crippen LogP contribution >= 0.6 is 11.3 Å². The second-order valence-corrected chi connectivity index (χ2v) is 14.0. The Morgan fingerprint density at radius 1 is 1.12 bits per heavy atom. The Morgan fingerprint density at radius 2 is 1.86 bits per heavy atom. The monoisotopic (exact) mass is 609 g/mol. The first-order valence-corrected chi connectivity index (χ1v) is 17.3. The van der Waals surface area contributed by atoms with Gasteiger partial charge in [0, 0.05) is 56.9 Å². The average Bonchev–Trinajstić information content (AvgIpc) is 3.41. The number of amides is 1. The van der Waals surface area contributed by atoms with Crippen molar-refractivity contribution in [3.63, 3.8) is 0 Å². The molecule has 0 spiro atoms. The van der Waals surface area contributed by atoms with Crippen molar-refractivity contribution in [2.45, 2.75) is 103 Å². The highest BCUT2D eigenvalue weighted by Crippen LogP contribution is 2.31. The summed E-state index contributed by atoms with van der Waals surface area (Å²) >= 11 is 1.62. The number of hydrogen-bond acceptors (Lipinski definition) is 7. The van der Waals surface area contributed by atoms with Crippen LogP contribution in [0.25, 0.3) is 10.2 Å². The fourth-order valence-corrected chi connectivity index (χ4v) is 7.50. The lowest BCUT2D eigenvalue weighted by Crippen LogP contribution is -2.45. The molecule has 1 amide bonds. The molecule has 0 unspecified atom stereocenters. The summed E-state index contributed by atoms with van der Waals surface area (Å²) in [4.78, 5) is 46.9. The number of ketones is 2. The first-order chi connectivity index (χ1) is 20.7. The summed E-state index contributed by atoms with van der Waals surface area (Å²) < 4.78 is 6.55. The van der Waals surface area contributed by atoms with Crippen LogP contribution in [0.3, 0.4) is 0 Å². The number of nitrogens with one attached hydrogen (secondary N) is 1. The molecule has 1 aliphatic heterocycles. The van der Waals surface area contributed by atoms with Gasteiger partial charge in [0.1, 0.15) is 5.78 Å². The van der Waals surface area contributed by atoms with E-state index in [1.165, 1.54) is 12.0 Å². The second-order valence-electron chi connectivity index (χ2n) is 12.9. The molecule has 1 aromatic heterocycles. The van der Waals surface area contributed by atoms with Crippen LogP contribution in [0.2, 0.25) is 0 Å². The van der Waals surface area contributed by atoms with Crippen molar-refractivity contribution in [1.29, 1.82) is 0 Å². The smallest absolute Gasteiger partial charge is 0.224 e. The number of Topliss-reactive ketones (excluding diaryl/α,β-unsaturated/α-hetero) is 2. The maximum Gasteiger partial charge on any atom is 0.224 e. The van der Waals surface area contributed by atoms with Gasteiger partial charge in [0.15, 0.2) is 5.78 Å². The summed E-state index contributed by atoms with van der Waals surface area (Å²) in [6, 6.07) is 6.30. The molecule has 1 N–H and O–H groups in total. The number of rotatable bonds is 16. The van der Waals surface area contributed by atoms with E-state index in [-0.39, 0.29) is 29.9 Å². The predicted octanol–water partition coefficient (Wildman–Crippen LogP) is 6.64. The minimum atomic E-state index is -0.470. The number of morpholine rings is 1. The van der Waals surface area contributed by atoms with Crippen molar-refractivity contribution in [2.24, 2.45) is 11.8 Å². The van der Waals surface area contributed by atoms with E-state index in [0.717, 1.165) is 60.4 Å². The minimum Gasteiger partial charge on any atom is -0.379 e. The predicted molar refractivity (Wildman–Crippen MR) is 175 cm³/mol. The van der Waals surface area contributed by atoms with E-state index in [0.29, 0.717) is 62.9 Å². The third kappa shape index (κ3) is 10.0. The van der Waals surface area contributed by atoms with Crippen LogP contribution in [0.1, 0.15) is 101 Å². The Balaban J connectivity index is 1.45. The van der Waals surface area contributed by atoms with Crippen LogP contribution < -0.4 is 5.32 Å². The normalized spacial score (nSPS) is 18.0. The summed E-state index contributed by atoms with van der Waals surface area (Å²) in [6.07, 6.45) is 8.54. The highest BCUT2D eigenvalue weighted by molar-refractivity contribution is 7.18. The Kier molecular flexibility index (Phi) is 12.9. The maximum atomic E-state index is 13.9. The van der Waals surface area contributed by atoms with Crippen LogP contribution in [0.4, 0.5) is 0 Å². The highest BCUT2D eigenvalue weighted by atomic mass is 32.1. The van der Waals surface area contributed by atoms with Gasteiger partial charge in [-0.3, -0.25) is 19.3 Å². The van der Waals surface area contributed by atoms with Gasteiger partial charge in [-0.25, -0.2) is 4.98 Å². The molecule has 1 saturated carbocycles. The molecular formula is C35H51N3O4S. The zero-order valence-corrected chi connectivity index (χ0v) is 27.3. The van der Waals surface area contributed by atoms with Crippen LogP contribution in [-0.4, -0.2) is 66.2 Å². The first-order valence-electron chi connectivity index (χ1n) is 16.5. The molecule has 8 heteroatoms. The molecule has 0 radical (unpaired) electrons. The van der Waals surface area contributed by atoms with Crippen molar-refractivity contribution in [3.8, 4) is 0 Å². The number of carbonyl (C=O) groups is 3. The Hall–Kier alpha value is -2.42. The molecule has 1 aromatic carbocycles. The molecular weight excluding hydrogens is 558 g/mol. The molecule has 7 nitrogen and oxygen atoms in total. The van der Waals surface area contributed by atoms with Crippen LogP contribution in [0.5, 0.6) is 0 Å². The number of fused-ring (bicyclic) bond motifs is 1. The van der Waals surface area contributed by atoms with E-state index in [1.54, 1.807) is 11.3 Å². The lowest BCUT2D eigenvalue weighted by atomic mass is 9.81. The first kappa shape index (κ1) is 33.5. The van der Waals surface area contributed by atoms with Crippen molar-refractivity contribution in [2.75, 3.05) is 32.8 Å². The van der Waals surface area contributed by atoms with E-state index >= 15 is 0 Å². The van der Waals surface area contributed by atoms with E-state index in [4.69, 9.17) is 9.72 Å². The number of hydrogen-bond donors (Lipinski definition) is 1. The molecule has 1 aliphatic carbocycles.